The van der Waals surface area contributed by atoms with Crippen molar-refractivity contribution in [1.82, 2.24) is 0 Å². The standard InChI is InChI=1S/C14H18O3/c1-4-5-9-13(16-2)11-7-6-8-12(10-11)14(15)17-3/h6-10H,4-5H2,1-3H3. The molecule has 1 aromatic carbocycles. The van der Waals surface area contributed by atoms with Crippen LogP contribution in [0.2, 0.25) is 0 Å². The van der Waals surface area contributed by atoms with Crippen molar-refractivity contribution in [1.29, 1.82) is 0 Å². The van der Waals surface area contributed by atoms with Crippen LogP contribution >= 0.6 is 0 Å². The minimum absolute atomic E-state index is 0.335. The summed E-state index contributed by atoms with van der Waals surface area (Å²) in [5.74, 6) is 0.454. The number of carbonyl (C=O) groups is 1. The van der Waals surface area contributed by atoms with Gasteiger partial charge < -0.3 is 9.47 Å². The Labute approximate surface area is 102 Å². The lowest BCUT2D eigenvalue weighted by molar-refractivity contribution is 0.0600. The third kappa shape index (κ3) is 3.63. The molecule has 1 rings (SSSR count). The first-order valence-electron chi connectivity index (χ1n) is 5.65. The lowest BCUT2D eigenvalue weighted by atomic mass is 10.1. The first kappa shape index (κ1) is 13.3. The number of unbranched alkanes of at least 4 members (excludes halogenated alkanes) is 1. The molecule has 3 nitrogen and oxygen atoms in total. The number of hydrogen-bond acceptors (Lipinski definition) is 3. The van der Waals surface area contributed by atoms with Crippen molar-refractivity contribution in [2.45, 2.75) is 19.8 Å². The second-order valence-corrected chi connectivity index (χ2v) is 3.63. The molecule has 0 atom stereocenters. The highest BCUT2D eigenvalue weighted by molar-refractivity contribution is 5.90. The maximum absolute atomic E-state index is 11.4. The molecule has 92 valence electrons. The minimum atomic E-state index is -0.335. The van der Waals surface area contributed by atoms with Gasteiger partial charge in [-0.25, -0.2) is 4.79 Å². The van der Waals surface area contributed by atoms with Crippen LogP contribution in [0.15, 0.2) is 30.3 Å². The van der Waals surface area contributed by atoms with Gasteiger partial charge in [0.25, 0.3) is 0 Å². The van der Waals surface area contributed by atoms with E-state index >= 15 is 0 Å². The number of ether oxygens (including phenoxy) is 2. The Kier molecular flexibility index (Phi) is 5.27. The normalized spacial score (nSPS) is 11.1. The van der Waals surface area contributed by atoms with E-state index in [1.54, 1.807) is 19.2 Å². The van der Waals surface area contributed by atoms with Gasteiger partial charge in [0.2, 0.25) is 0 Å². The van der Waals surface area contributed by atoms with Crippen LogP contribution in [0.1, 0.15) is 35.7 Å². The predicted molar refractivity (Wildman–Crippen MR) is 67.7 cm³/mol. The monoisotopic (exact) mass is 234 g/mol. The number of rotatable bonds is 5. The van der Waals surface area contributed by atoms with Crippen molar-refractivity contribution in [3.05, 3.63) is 41.5 Å². The van der Waals surface area contributed by atoms with Gasteiger partial charge in [0.1, 0.15) is 5.76 Å². The second kappa shape index (κ2) is 6.74. The van der Waals surface area contributed by atoms with Gasteiger partial charge in [-0.2, -0.15) is 0 Å². The van der Waals surface area contributed by atoms with Crippen LogP contribution in [0.4, 0.5) is 0 Å². The zero-order chi connectivity index (χ0) is 12.7. The second-order valence-electron chi connectivity index (χ2n) is 3.63. The van der Waals surface area contributed by atoms with E-state index in [9.17, 15) is 4.79 Å². The maximum atomic E-state index is 11.4. The Morgan fingerprint density at radius 3 is 2.53 bits per heavy atom. The summed E-state index contributed by atoms with van der Waals surface area (Å²) in [6.07, 6.45) is 4.03. The quantitative estimate of drug-likeness (QED) is 0.579. The van der Waals surface area contributed by atoms with E-state index in [2.05, 4.69) is 11.7 Å². The number of hydrogen-bond donors (Lipinski definition) is 0. The van der Waals surface area contributed by atoms with Crippen LogP contribution in [0.3, 0.4) is 0 Å². The Bertz CT molecular complexity index is 408. The van der Waals surface area contributed by atoms with Crippen LogP contribution < -0.4 is 0 Å². The summed E-state index contributed by atoms with van der Waals surface area (Å²) in [6.45, 7) is 2.11. The summed E-state index contributed by atoms with van der Waals surface area (Å²) in [4.78, 5) is 11.4. The van der Waals surface area contributed by atoms with Crippen LogP contribution in [0.5, 0.6) is 0 Å². The van der Waals surface area contributed by atoms with Gasteiger partial charge in [-0.3, -0.25) is 0 Å². The van der Waals surface area contributed by atoms with Crippen molar-refractivity contribution in [2.24, 2.45) is 0 Å². The van der Waals surface area contributed by atoms with Crippen molar-refractivity contribution < 1.29 is 14.3 Å². The van der Waals surface area contributed by atoms with Crippen molar-refractivity contribution >= 4 is 11.7 Å². The number of carbonyl (C=O) groups excluding carboxylic acids is 1. The number of esters is 1. The number of allylic oxidation sites excluding steroid dienone is 1. The zero-order valence-electron chi connectivity index (χ0n) is 10.5. The molecule has 0 bridgehead atoms. The number of methoxy groups -OCH3 is 2. The minimum Gasteiger partial charge on any atom is -0.496 e. The molecule has 1 aromatic rings. The smallest absolute Gasteiger partial charge is 0.337 e. The fraction of sp³-hybridized carbons (Fsp3) is 0.357. The molecule has 0 saturated carbocycles. The van der Waals surface area contributed by atoms with Gasteiger partial charge in [-0.1, -0.05) is 25.5 Å². The Morgan fingerprint density at radius 1 is 1.24 bits per heavy atom. The zero-order valence-corrected chi connectivity index (χ0v) is 10.5. The van der Waals surface area contributed by atoms with Gasteiger partial charge in [-0.05, 0) is 24.6 Å². The molecule has 0 aliphatic heterocycles. The Balaban J connectivity index is 3.00. The molecule has 0 unspecified atom stereocenters. The van der Waals surface area contributed by atoms with Crippen LogP contribution in [0, 0.1) is 0 Å². The lowest BCUT2D eigenvalue weighted by Gasteiger charge is -2.07. The largest absolute Gasteiger partial charge is 0.496 e. The Hall–Kier alpha value is -1.77. The summed E-state index contributed by atoms with van der Waals surface area (Å²) in [7, 11) is 3.01. The fourth-order valence-corrected chi connectivity index (χ4v) is 1.51. The number of benzene rings is 1. The highest BCUT2D eigenvalue weighted by Crippen LogP contribution is 2.18. The van der Waals surface area contributed by atoms with E-state index in [1.165, 1.54) is 7.11 Å². The highest BCUT2D eigenvalue weighted by Gasteiger charge is 2.08. The third-order valence-electron chi connectivity index (χ3n) is 2.41. The molecule has 0 aromatic heterocycles. The van der Waals surface area contributed by atoms with Crippen molar-refractivity contribution in [2.75, 3.05) is 14.2 Å². The molecule has 3 heteroatoms. The first-order chi connectivity index (χ1) is 8.22. The van der Waals surface area contributed by atoms with Crippen LogP contribution in [-0.4, -0.2) is 20.2 Å². The van der Waals surface area contributed by atoms with Gasteiger partial charge in [0.15, 0.2) is 0 Å². The summed E-state index contributed by atoms with van der Waals surface area (Å²) in [5, 5.41) is 0. The molecule has 0 amide bonds. The molecule has 0 saturated heterocycles. The SMILES string of the molecule is CCCC=C(OC)c1cccc(C(=O)OC)c1. The molecule has 17 heavy (non-hydrogen) atoms. The molecule has 0 radical (unpaired) electrons. The van der Waals surface area contributed by atoms with Gasteiger partial charge in [0, 0.05) is 5.56 Å². The van der Waals surface area contributed by atoms with E-state index in [-0.39, 0.29) is 5.97 Å². The predicted octanol–water partition coefficient (Wildman–Crippen LogP) is 3.26. The van der Waals surface area contributed by atoms with Gasteiger partial charge in [-0.15, -0.1) is 0 Å². The van der Waals surface area contributed by atoms with Crippen LogP contribution in [0.25, 0.3) is 5.76 Å². The maximum Gasteiger partial charge on any atom is 0.337 e. The summed E-state index contributed by atoms with van der Waals surface area (Å²) >= 11 is 0. The van der Waals surface area contributed by atoms with Crippen molar-refractivity contribution in [3.63, 3.8) is 0 Å². The van der Waals surface area contributed by atoms with Gasteiger partial charge >= 0.3 is 5.97 Å². The highest BCUT2D eigenvalue weighted by atomic mass is 16.5. The average Bonchev–Trinajstić information content (AvgIpc) is 2.39. The van der Waals surface area contributed by atoms with E-state index < -0.39 is 0 Å². The topological polar surface area (TPSA) is 35.5 Å². The molecule has 0 aliphatic carbocycles. The van der Waals surface area contributed by atoms with E-state index in [4.69, 9.17) is 4.74 Å². The Morgan fingerprint density at radius 2 is 1.94 bits per heavy atom. The molecule has 0 fully saturated rings. The van der Waals surface area contributed by atoms with E-state index in [1.807, 2.05) is 18.2 Å². The van der Waals surface area contributed by atoms with E-state index in [0.717, 1.165) is 24.2 Å². The fourth-order valence-electron chi connectivity index (χ4n) is 1.51. The third-order valence-corrected chi connectivity index (χ3v) is 2.41. The lowest BCUT2D eigenvalue weighted by Crippen LogP contribution is -2.01. The molecule has 0 N–H and O–H groups in total. The van der Waals surface area contributed by atoms with Crippen LogP contribution in [-0.2, 0) is 9.47 Å². The summed E-state index contributed by atoms with van der Waals surface area (Å²) in [6, 6.07) is 7.23. The van der Waals surface area contributed by atoms with Crippen molar-refractivity contribution in [3.8, 4) is 0 Å². The summed E-state index contributed by atoms with van der Waals surface area (Å²) < 4.78 is 10.0. The molecule has 0 aliphatic rings. The summed E-state index contributed by atoms with van der Waals surface area (Å²) in [5.41, 5.74) is 1.42. The van der Waals surface area contributed by atoms with E-state index in [0.29, 0.717) is 5.56 Å². The van der Waals surface area contributed by atoms with Gasteiger partial charge in [0.05, 0.1) is 19.8 Å². The molecular formula is C14H18O3. The molecule has 0 heterocycles. The molecule has 0 spiro atoms. The molecular weight excluding hydrogens is 216 g/mol. The first-order valence-corrected chi connectivity index (χ1v) is 5.65. The average molecular weight is 234 g/mol.